The fourth-order valence-corrected chi connectivity index (χ4v) is 2.83. The van der Waals surface area contributed by atoms with Gasteiger partial charge in [-0.1, -0.05) is 12.1 Å². The summed E-state index contributed by atoms with van der Waals surface area (Å²) in [5, 5.41) is 0. The molecule has 1 aromatic heterocycles. The molecule has 5 heteroatoms. The van der Waals surface area contributed by atoms with Gasteiger partial charge < -0.3 is 4.98 Å². The summed E-state index contributed by atoms with van der Waals surface area (Å²) in [6.45, 7) is 2.18. The van der Waals surface area contributed by atoms with E-state index >= 15 is 0 Å². The molecule has 1 aliphatic heterocycles. The quantitative estimate of drug-likeness (QED) is 0.935. The number of nitrogens with one attached hydrogen (secondary N) is 1. The van der Waals surface area contributed by atoms with Crippen molar-refractivity contribution in [3.63, 3.8) is 0 Å². The van der Waals surface area contributed by atoms with Crippen LogP contribution in [0.3, 0.4) is 0 Å². The maximum atomic E-state index is 13.7. The Kier molecular flexibility index (Phi) is 3.78. The number of aromatic nitrogens is 2. The third kappa shape index (κ3) is 2.72. The van der Waals surface area contributed by atoms with Crippen molar-refractivity contribution in [3.8, 4) is 0 Å². The Bertz CT molecular complexity index is 569. The number of rotatable bonds is 3. The molecule has 2 heterocycles. The van der Waals surface area contributed by atoms with Gasteiger partial charge >= 0.3 is 0 Å². The Labute approximate surface area is 116 Å². The van der Waals surface area contributed by atoms with Gasteiger partial charge in [-0.2, -0.15) is 0 Å². The lowest BCUT2D eigenvalue weighted by atomic mass is 9.97. The van der Waals surface area contributed by atoms with Crippen molar-refractivity contribution in [2.75, 3.05) is 13.1 Å². The Morgan fingerprint density at radius 3 is 3.05 bits per heavy atom. The summed E-state index contributed by atoms with van der Waals surface area (Å²) in [6, 6.07) is 4.36. The van der Waals surface area contributed by atoms with E-state index in [2.05, 4.69) is 14.9 Å². The van der Waals surface area contributed by atoms with Crippen LogP contribution in [0.15, 0.2) is 30.6 Å². The summed E-state index contributed by atoms with van der Waals surface area (Å²) in [6.07, 6.45) is 5.69. The third-order valence-corrected chi connectivity index (χ3v) is 3.84. The van der Waals surface area contributed by atoms with Crippen LogP contribution in [0.1, 0.15) is 30.1 Å². The lowest BCUT2D eigenvalue weighted by molar-refractivity contribution is 0.194. The van der Waals surface area contributed by atoms with Crippen LogP contribution in [-0.2, 0) is 6.54 Å². The number of nitrogens with zero attached hydrogens (tertiary/aromatic N) is 2. The lowest BCUT2D eigenvalue weighted by Crippen LogP contribution is -2.34. The molecule has 1 aromatic carbocycles. The molecular formula is C15H17F2N3. The minimum absolute atomic E-state index is 0.343. The summed E-state index contributed by atoms with van der Waals surface area (Å²) < 4.78 is 26.9. The monoisotopic (exact) mass is 277 g/mol. The molecule has 3 nitrogen and oxygen atoms in total. The molecule has 2 aromatic rings. The van der Waals surface area contributed by atoms with Gasteiger partial charge in [0.25, 0.3) is 0 Å². The van der Waals surface area contributed by atoms with Crippen molar-refractivity contribution in [3.05, 3.63) is 53.6 Å². The molecule has 106 valence electrons. The number of benzene rings is 1. The molecule has 1 atom stereocenters. The molecule has 0 bridgehead atoms. The number of imidazole rings is 1. The highest BCUT2D eigenvalue weighted by atomic mass is 19.2. The van der Waals surface area contributed by atoms with Crippen molar-refractivity contribution in [1.29, 1.82) is 0 Å². The first-order chi connectivity index (χ1) is 9.74. The zero-order valence-corrected chi connectivity index (χ0v) is 11.1. The molecule has 0 spiro atoms. The Morgan fingerprint density at radius 1 is 1.35 bits per heavy atom. The maximum Gasteiger partial charge on any atom is 0.163 e. The smallest absolute Gasteiger partial charge is 0.163 e. The zero-order chi connectivity index (χ0) is 13.9. The first-order valence-electron chi connectivity index (χ1n) is 6.88. The van der Waals surface area contributed by atoms with E-state index in [9.17, 15) is 8.78 Å². The molecule has 0 aliphatic carbocycles. The summed E-state index contributed by atoms with van der Waals surface area (Å²) >= 11 is 0. The number of piperidine rings is 1. The van der Waals surface area contributed by atoms with Crippen LogP contribution >= 0.6 is 0 Å². The first kappa shape index (κ1) is 13.2. The van der Waals surface area contributed by atoms with Gasteiger partial charge in [-0.25, -0.2) is 13.8 Å². The van der Waals surface area contributed by atoms with Gasteiger partial charge in [0.05, 0.1) is 0 Å². The summed E-state index contributed by atoms with van der Waals surface area (Å²) in [7, 11) is 0. The second kappa shape index (κ2) is 5.71. The fourth-order valence-electron chi connectivity index (χ4n) is 2.83. The molecule has 1 fully saturated rings. The predicted octanol–water partition coefficient (Wildman–Crippen LogP) is 3.07. The highest BCUT2D eigenvalue weighted by molar-refractivity contribution is 5.19. The Hall–Kier alpha value is -1.75. The van der Waals surface area contributed by atoms with Crippen molar-refractivity contribution in [2.45, 2.75) is 25.3 Å². The molecule has 3 rings (SSSR count). The van der Waals surface area contributed by atoms with E-state index in [0.717, 1.165) is 37.8 Å². The number of aromatic amines is 1. The normalized spacial score (nSPS) is 20.2. The van der Waals surface area contributed by atoms with Crippen molar-refractivity contribution >= 4 is 0 Å². The molecule has 0 amide bonds. The van der Waals surface area contributed by atoms with Crippen molar-refractivity contribution < 1.29 is 8.78 Å². The average Bonchev–Trinajstić information content (AvgIpc) is 2.98. The second-order valence-corrected chi connectivity index (χ2v) is 5.26. The number of hydrogen-bond donors (Lipinski definition) is 1. The highest BCUT2D eigenvalue weighted by Gasteiger charge is 2.23. The molecule has 0 radical (unpaired) electrons. The Morgan fingerprint density at radius 2 is 2.25 bits per heavy atom. The van der Waals surface area contributed by atoms with Crippen LogP contribution in [0, 0.1) is 11.6 Å². The molecule has 20 heavy (non-hydrogen) atoms. The lowest BCUT2D eigenvalue weighted by Gasteiger charge is -2.31. The van der Waals surface area contributed by atoms with E-state index in [1.165, 1.54) is 0 Å². The SMILES string of the molecule is Fc1cccc(CN2CCC[C@@H](c3ncc[nH]3)C2)c1F. The molecular weight excluding hydrogens is 260 g/mol. The van der Waals surface area contributed by atoms with E-state index in [-0.39, 0.29) is 0 Å². The van der Waals surface area contributed by atoms with Crippen molar-refractivity contribution in [2.24, 2.45) is 0 Å². The van der Waals surface area contributed by atoms with Crippen molar-refractivity contribution in [1.82, 2.24) is 14.9 Å². The van der Waals surface area contributed by atoms with Crippen LogP contribution in [0.4, 0.5) is 8.78 Å². The second-order valence-electron chi connectivity index (χ2n) is 5.26. The standard InChI is InChI=1S/C15H17F2N3/c16-13-5-1-3-11(14(13)17)9-20-8-2-4-12(10-20)15-18-6-7-19-15/h1,3,5-7,12H,2,4,8-10H2,(H,18,19)/t12-/m1/s1. The minimum Gasteiger partial charge on any atom is -0.348 e. The van der Waals surface area contributed by atoms with Gasteiger partial charge in [-0.15, -0.1) is 0 Å². The number of likely N-dealkylation sites (tertiary alicyclic amines) is 1. The zero-order valence-electron chi connectivity index (χ0n) is 11.1. The molecule has 0 saturated carbocycles. The van der Waals surface area contributed by atoms with Crippen LogP contribution in [0.5, 0.6) is 0 Å². The fraction of sp³-hybridized carbons (Fsp3) is 0.400. The van der Waals surface area contributed by atoms with Crippen LogP contribution in [0.25, 0.3) is 0 Å². The van der Waals surface area contributed by atoms with Gasteiger partial charge in [0, 0.05) is 37.0 Å². The van der Waals surface area contributed by atoms with E-state index in [1.807, 2.05) is 6.20 Å². The van der Waals surface area contributed by atoms with Gasteiger partial charge in [0.15, 0.2) is 11.6 Å². The Balaban J connectivity index is 1.70. The first-order valence-corrected chi connectivity index (χ1v) is 6.88. The van der Waals surface area contributed by atoms with Gasteiger partial charge in [-0.05, 0) is 25.5 Å². The van der Waals surface area contributed by atoms with E-state index in [1.54, 1.807) is 18.3 Å². The third-order valence-electron chi connectivity index (χ3n) is 3.84. The van der Waals surface area contributed by atoms with Crippen LogP contribution in [0.2, 0.25) is 0 Å². The number of halogens is 2. The van der Waals surface area contributed by atoms with E-state index in [0.29, 0.717) is 18.0 Å². The topological polar surface area (TPSA) is 31.9 Å². The molecule has 1 N–H and O–H groups in total. The van der Waals surface area contributed by atoms with Gasteiger partial charge in [-0.3, -0.25) is 4.90 Å². The maximum absolute atomic E-state index is 13.7. The predicted molar refractivity (Wildman–Crippen MR) is 72.2 cm³/mol. The summed E-state index contributed by atoms with van der Waals surface area (Å²) in [5.41, 5.74) is 0.421. The van der Waals surface area contributed by atoms with Crippen LogP contribution < -0.4 is 0 Å². The number of H-pyrrole nitrogens is 1. The van der Waals surface area contributed by atoms with Crippen LogP contribution in [-0.4, -0.2) is 28.0 Å². The largest absolute Gasteiger partial charge is 0.348 e. The molecule has 1 aliphatic rings. The van der Waals surface area contributed by atoms with E-state index in [4.69, 9.17) is 0 Å². The van der Waals surface area contributed by atoms with Gasteiger partial charge in [0.2, 0.25) is 0 Å². The number of hydrogen-bond acceptors (Lipinski definition) is 2. The van der Waals surface area contributed by atoms with Gasteiger partial charge in [0.1, 0.15) is 5.82 Å². The summed E-state index contributed by atoms with van der Waals surface area (Å²) in [5.74, 6) is -0.181. The molecule has 1 saturated heterocycles. The average molecular weight is 277 g/mol. The highest BCUT2D eigenvalue weighted by Crippen LogP contribution is 2.26. The van der Waals surface area contributed by atoms with E-state index < -0.39 is 11.6 Å². The summed E-state index contributed by atoms with van der Waals surface area (Å²) in [4.78, 5) is 9.60. The molecule has 0 unspecified atom stereocenters. The minimum atomic E-state index is -0.776.